The normalized spacial score (nSPS) is 15.4. The number of nitrogens with zero attached hydrogens (tertiary/aromatic N) is 3. The third-order valence-corrected chi connectivity index (χ3v) is 6.25. The molecule has 1 heterocycles. The summed E-state index contributed by atoms with van der Waals surface area (Å²) in [6.07, 6.45) is 0. The Morgan fingerprint density at radius 1 is 1.00 bits per heavy atom. The summed E-state index contributed by atoms with van der Waals surface area (Å²) in [5.74, 6) is -2.74. The first kappa shape index (κ1) is 19.8. The fraction of sp³-hybridized carbons (Fsp3) is 0.235. The van der Waals surface area contributed by atoms with E-state index in [1.165, 1.54) is 23.1 Å². The maximum absolute atomic E-state index is 13.3. The predicted molar refractivity (Wildman–Crippen MR) is 94.1 cm³/mol. The van der Waals surface area contributed by atoms with E-state index in [4.69, 9.17) is 0 Å². The van der Waals surface area contributed by atoms with Crippen LogP contribution in [-0.4, -0.2) is 54.6 Å². The van der Waals surface area contributed by atoms with Crippen molar-refractivity contribution in [1.82, 2.24) is 9.21 Å². The van der Waals surface area contributed by atoms with Gasteiger partial charge in [0, 0.05) is 43.9 Å². The lowest BCUT2D eigenvalue weighted by Gasteiger charge is -2.34. The molecule has 1 amide bonds. The second-order valence-corrected chi connectivity index (χ2v) is 8.02. The Labute approximate surface area is 159 Å². The van der Waals surface area contributed by atoms with Gasteiger partial charge in [-0.2, -0.15) is 4.31 Å². The van der Waals surface area contributed by atoms with Crippen LogP contribution in [0.5, 0.6) is 0 Å². The van der Waals surface area contributed by atoms with Crippen LogP contribution in [-0.2, 0) is 10.0 Å². The predicted octanol–water partition coefficient (Wildman–Crippen LogP) is 2.02. The van der Waals surface area contributed by atoms with Crippen LogP contribution in [0.15, 0.2) is 47.4 Å². The summed E-state index contributed by atoms with van der Waals surface area (Å²) in [6.45, 7) is 0.0405. The molecule has 0 unspecified atom stereocenters. The molecule has 28 heavy (non-hydrogen) atoms. The average Bonchev–Trinajstić information content (AvgIpc) is 2.69. The highest BCUT2D eigenvalue weighted by Gasteiger charge is 2.31. The van der Waals surface area contributed by atoms with Crippen molar-refractivity contribution in [3.05, 3.63) is 69.8 Å². The van der Waals surface area contributed by atoms with Gasteiger partial charge in [-0.3, -0.25) is 14.9 Å². The third kappa shape index (κ3) is 3.85. The number of carbonyl (C=O) groups excluding carboxylic acids is 1. The molecule has 0 radical (unpaired) electrons. The van der Waals surface area contributed by atoms with Gasteiger partial charge in [0.1, 0.15) is 0 Å². The Hall–Kier alpha value is -2.92. The van der Waals surface area contributed by atoms with Gasteiger partial charge in [-0.25, -0.2) is 17.2 Å². The number of sulfonamides is 1. The van der Waals surface area contributed by atoms with Gasteiger partial charge in [0.25, 0.3) is 11.6 Å². The second-order valence-electron chi connectivity index (χ2n) is 6.08. The van der Waals surface area contributed by atoms with Crippen LogP contribution in [0.3, 0.4) is 0 Å². The number of benzene rings is 2. The average molecular weight is 411 g/mol. The summed E-state index contributed by atoms with van der Waals surface area (Å²) < 4.78 is 52.9. The van der Waals surface area contributed by atoms with Gasteiger partial charge in [0.2, 0.25) is 10.0 Å². The van der Waals surface area contributed by atoms with Gasteiger partial charge in [-0.05, 0) is 24.3 Å². The highest BCUT2D eigenvalue weighted by Crippen LogP contribution is 2.22. The molecule has 1 aliphatic rings. The molecule has 0 aliphatic carbocycles. The van der Waals surface area contributed by atoms with E-state index in [1.54, 1.807) is 0 Å². The van der Waals surface area contributed by atoms with E-state index in [1.807, 2.05) is 0 Å². The van der Waals surface area contributed by atoms with E-state index in [9.17, 15) is 32.1 Å². The van der Waals surface area contributed by atoms with Gasteiger partial charge >= 0.3 is 0 Å². The minimum atomic E-state index is -3.96. The van der Waals surface area contributed by atoms with Crippen molar-refractivity contribution in [2.24, 2.45) is 0 Å². The summed E-state index contributed by atoms with van der Waals surface area (Å²) in [6, 6.07) is 7.53. The highest BCUT2D eigenvalue weighted by molar-refractivity contribution is 7.89. The zero-order valence-electron chi connectivity index (χ0n) is 14.4. The van der Waals surface area contributed by atoms with Crippen molar-refractivity contribution >= 4 is 21.6 Å². The van der Waals surface area contributed by atoms with Gasteiger partial charge < -0.3 is 4.90 Å². The van der Waals surface area contributed by atoms with E-state index in [-0.39, 0.29) is 42.3 Å². The quantitative estimate of drug-likeness (QED) is 0.566. The van der Waals surface area contributed by atoms with Crippen LogP contribution >= 0.6 is 0 Å². The number of hydrogen-bond donors (Lipinski definition) is 0. The van der Waals surface area contributed by atoms with Crippen molar-refractivity contribution in [2.45, 2.75) is 4.90 Å². The Bertz CT molecular complexity index is 1040. The van der Waals surface area contributed by atoms with Crippen LogP contribution in [0.25, 0.3) is 0 Å². The summed E-state index contributed by atoms with van der Waals surface area (Å²) in [4.78, 5) is 23.7. The molecule has 0 atom stereocenters. The molecule has 11 heteroatoms. The van der Waals surface area contributed by atoms with E-state index < -0.39 is 32.5 Å². The molecule has 8 nitrogen and oxygen atoms in total. The molecular formula is C17H15F2N3O5S. The van der Waals surface area contributed by atoms with Crippen LogP contribution in [0.4, 0.5) is 14.5 Å². The lowest BCUT2D eigenvalue weighted by Crippen LogP contribution is -2.50. The van der Waals surface area contributed by atoms with Crippen molar-refractivity contribution in [2.75, 3.05) is 26.2 Å². The molecule has 0 bridgehead atoms. The third-order valence-electron chi connectivity index (χ3n) is 4.36. The Balaban J connectivity index is 1.72. The highest BCUT2D eigenvalue weighted by atomic mass is 32.2. The fourth-order valence-corrected chi connectivity index (χ4v) is 4.31. The summed E-state index contributed by atoms with van der Waals surface area (Å²) in [5, 5.41) is 10.9. The minimum Gasteiger partial charge on any atom is -0.336 e. The number of piperazine rings is 1. The molecule has 148 valence electrons. The zero-order chi connectivity index (χ0) is 20.5. The molecule has 0 spiro atoms. The van der Waals surface area contributed by atoms with E-state index in [0.29, 0.717) is 0 Å². The van der Waals surface area contributed by atoms with Crippen molar-refractivity contribution in [1.29, 1.82) is 0 Å². The van der Waals surface area contributed by atoms with Crippen molar-refractivity contribution in [3.8, 4) is 0 Å². The van der Waals surface area contributed by atoms with Crippen LogP contribution in [0, 0.1) is 21.7 Å². The largest absolute Gasteiger partial charge is 0.336 e. The molecule has 2 aromatic carbocycles. The van der Waals surface area contributed by atoms with Gasteiger partial charge in [0.05, 0.1) is 9.82 Å². The maximum atomic E-state index is 13.3. The zero-order valence-corrected chi connectivity index (χ0v) is 15.2. The Kier molecular flexibility index (Phi) is 5.38. The molecule has 1 fully saturated rings. The Morgan fingerprint density at radius 2 is 1.68 bits per heavy atom. The smallest absolute Gasteiger partial charge is 0.270 e. The van der Waals surface area contributed by atoms with Crippen LogP contribution in [0.1, 0.15) is 10.4 Å². The molecule has 2 aromatic rings. The molecule has 0 aromatic heterocycles. The molecule has 0 saturated carbocycles. The Morgan fingerprint density at radius 3 is 2.29 bits per heavy atom. The van der Waals surface area contributed by atoms with Gasteiger partial charge in [-0.15, -0.1) is 0 Å². The van der Waals surface area contributed by atoms with Crippen LogP contribution in [0.2, 0.25) is 0 Å². The minimum absolute atomic E-state index is 0.0273. The number of halogens is 2. The number of rotatable bonds is 4. The van der Waals surface area contributed by atoms with E-state index in [2.05, 4.69) is 0 Å². The van der Waals surface area contributed by atoms with E-state index in [0.717, 1.165) is 28.6 Å². The molecule has 1 aliphatic heterocycles. The second kappa shape index (κ2) is 7.60. The summed E-state index contributed by atoms with van der Waals surface area (Å²) >= 11 is 0. The molecule has 0 N–H and O–H groups in total. The fourth-order valence-electron chi connectivity index (χ4n) is 2.85. The standard InChI is InChI=1S/C17H15F2N3O5S/c18-15-5-4-12(10-16(15)19)17(23)20-6-8-21(9-7-20)28(26,27)14-3-1-2-13(11-14)22(24)25/h1-5,10-11H,6-9H2. The first-order chi connectivity index (χ1) is 13.2. The van der Waals surface area contributed by atoms with Crippen molar-refractivity contribution < 1.29 is 26.9 Å². The number of nitro benzene ring substituents is 1. The number of hydrogen-bond acceptors (Lipinski definition) is 5. The number of carbonyl (C=O) groups is 1. The van der Waals surface area contributed by atoms with Gasteiger partial charge in [0.15, 0.2) is 11.6 Å². The number of amides is 1. The lowest BCUT2D eigenvalue weighted by molar-refractivity contribution is -0.385. The first-order valence-electron chi connectivity index (χ1n) is 8.19. The van der Waals surface area contributed by atoms with Gasteiger partial charge in [-0.1, -0.05) is 6.07 Å². The summed E-state index contributed by atoms with van der Waals surface area (Å²) in [7, 11) is -3.96. The van der Waals surface area contributed by atoms with E-state index >= 15 is 0 Å². The monoisotopic (exact) mass is 411 g/mol. The topological polar surface area (TPSA) is 101 Å². The molecular weight excluding hydrogens is 396 g/mol. The number of nitro groups is 1. The summed E-state index contributed by atoms with van der Waals surface area (Å²) in [5.41, 5.74) is -0.373. The number of non-ortho nitro benzene ring substituents is 1. The molecule has 1 saturated heterocycles. The molecule has 3 rings (SSSR count). The van der Waals surface area contributed by atoms with Crippen molar-refractivity contribution in [3.63, 3.8) is 0 Å². The lowest BCUT2D eigenvalue weighted by atomic mass is 10.1. The first-order valence-corrected chi connectivity index (χ1v) is 9.63. The van der Waals surface area contributed by atoms with Crippen LogP contribution < -0.4 is 0 Å². The maximum Gasteiger partial charge on any atom is 0.270 e. The SMILES string of the molecule is O=C(c1ccc(F)c(F)c1)N1CCN(S(=O)(=O)c2cccc([N+](=O)[O-])c2)CC1.